The van der Waals surface area contributed by atoms with Crippen molar-refractivity contribution in [2.45, 2.75) is 39.5 Å². The van der Waals surface area contributed by atoms with E-state index in [1.165, 1.54) is 0 Å². The number of phenols is 4. The van der Waals surface area contributed by atoms with Gasteiger partial charge < -0.3 is 20.4 Å². The Kier molecular flexibility index (Phi) is 5.36. The van der Waals surface area contributed by atoms with Gasteiger partial charge in [0.05, 0.1) is 28.2 Å². The van der Waals surface area contributed by atoms with E-state index < -0.39 is 69.8 Å². The number of ketones is 4. The molecular weight excluding hydrogens is 512 g/mol. The highest BCUT2D eigenvalue weighted by atomic mass is 16.3. The van der Waals surface area contributed by atoms with Crippen molar-refractivity contribution in [1.82, 2.24) is 0 Å². The smallest absolute Gasteiger partial charge is 0.194 e. The van der Waals surface area contributed by atoms with Gasteiger partial charge in [0.2, 0.25) is 0 Å². The number of aromatic hydroxyl groups is 4. The molecule has 8 heteroatoms. The lowest BCUT2D eigenvalue weighted by atomic mass is 9.71. The molecule has 40 heavy (non-hydrogen) atoms. The number of benzene rings is 2. The second-order valence-corrected chi connectivity index (χ2v) is 11.3. The summed E-state index contributed by atoms with van der Waals surface area (Å²) in [6.45, 7) is 7.28. The van der Waals surface area contributed by atoms with E-state index in [0.29, 0.717) is 5.57 Å². The van der Waals surface area contributed by atoms with E-state index in [1.807, 2.05) is 33.8 Å². The van der Waals surface area contributed by atoms with E-state index in [2.05, 4.69) is 0 Å². The highest BCUT2D eigenvalue weighted by Crippen LogP contribution is 2.66. The molecule has 4 atom stereocenters. The highest BCUT2D eigenvalue weighted by molar-refractivity contribution is 6.27. The number of hydrogen-bond acceptors (Lipinski definition) is 8. The lowest BCUT2D eigenvalue weighted by Crippen LogP contribution is -2.33. The molecular formula is C32H26O8. The lowest BCUT2D eigenvalue weighted by Gasteiger charge is -2.29. The Balaban J connectivity index is 1.77. The molecule has 4 aliphatic carbocycles. The van der Waals surface area contributed by atoms with Crippen LogP contribution >= 0.6 is 0 Å². The third-order valence-corrected chi connectivity index (χ3v) is 8.27. The predicted molar refractivity (Wildman–Crippen MR) is 144 cm³/mol. The fraction of sp³-hybridized carbons (Fsp3) is 0.250. The van der Waals surface area contributed by atoms with Crippen LogP contribution in [0.5, 0.6) is 23.0 Å². The number of Topliss-reactive ketones (excluding diaryl/α,β-unsaturated/α-hetero) is 2. The normalized spacial score (nSPS) is 23.9. The van der Waals surface area contributed by atoms with Gasteiger partial charge in [-0.2, -0.15) is 0 Å². The minimum absolute atomic E-state index is 0.122. The second-order valence-electron chi connectivity index (χ2n) is 11.3. The van der Waals surface area contributed by atoms with Crippen molar-refractivity contribution in [2.75, 3.05) is 0 Å². The number of fused-ring (bicyclic) bond motifs is 6. The van der Waals surface area contributed by atoms with Gasteiger partial charge in [0, 0.05) is 34.5 Å². The van der Waals surface area contributed by atoms with E-state index in [1.54, 1.807) is 6.08 Å². The summed E-state index contributed by atoms with van der Waals surface area (Å²) >= 11 is 0. The first-order valence-electron chi connectivity index (χ1n) is 12.9. The molecule has 0 spiro atoms. The second kappa shape index (κ2) is 8.39. The zero-order chi connectivity index (χ0) is 28.9. The summed E-state index contributed by atoms with van der Waals surface area (Å²) in [7, 11) is 0. The van der Waals surface area contributed by atoms with Gasteiger partial charge in [-0.15, -0.1) is 0 Å². The Morgan fingerprint density at radius 1 is 0.675 bits per heavy atom. The molecule has 2 aromatic rings. The van der Waals surface area contributed by atoms with Crippen LogP contribution in [0.3, 0.4) is 0 Å². The summed E-state index contributed by atoms with van der Waals surface area (Å²) in [6.07, 6.45) is 5.68. The number of phenolic OH excluding ortho intramolecular Hbond substituents is 4. The van der Waals surface area contributed by atoms with Gasteiger partial charge in [-0.3, -0.25) is 19.2 Å². The Morgan fingerprint density at radius 2 is 1.20 bits per heavy atom. The number of hydrogen-bond donors (Lipinski definition) is 4. The number of carbonyl (C=O) groups is 4. The van der Waals surface area contributed by atoms with Crippen LogP contribution in [-0.2, 0) is 0 Å². The molecule has 6 rings (SSSR count). The van der Waals surface area contributed by atoms with Gasteiger partial charge in [0.1, 0.15) is 23.0 Å². The summed E-state index contributed by atoms with van der Waals surface area (Å²) in [5.41, 5.74) is 1.44. The Labute approximate surface area is 229 Å². The van der Waals surface area contributed by atoms with Crippen molar-refractivity contribution in [3.8, 4) is 23.0 Å². The van der Waals surface area contributed by atoms with Gasteiger partial charge >= 0.3 is 0 Å². The lowest BCUT2D eigenvalue weighted by molar-refractivity contribution is 0.0860. The van der Waals surface area contributed by atoms with Crippen LogP contribution in [0.2, 0.25) is 0 Å². The first kappa shape index (κ1) is 25.6. The van der Waals surface area contributed by atoms with Crippen molar-refractivity contribution in [2.24, 2.45) is 11.8 Å². The monoisotopic (exact) mass is 538 g/mol. The van der Waals surface area contributed by atoms with E-state index in [9.17, 15) is 39.6 Å². The average Bonchev–Trinajstić information content (AvgIpc) is 3.37. The molecule has 0 bridgehead atoms. The Bertz CT molecular complexity index is 1760. The molecule has 0 amide bonds. The molecule has 4 N–H and O–H groups in total. The number of carbonyl (C=O) groups excluding carboxylic acids is 4. The van der Waals surface area contributed by atoms with Gasteiger partial charge in [0.25, 0.3) is 0 Å². The zero-order valence-corrected chi connectivity index (χ0v) is 22.2. The van der Waals surface area contributed by atoms with Gasteiger partial charge in [-0.1, -0.05) is 23.3 Å². The van der Waals surface area contributed by atoms with E-state index in [0.717, 1.165) is 35.4 Å². The molecule has 8 nitrogen and oxygen atoms in total. The fourth-order valence-electron chi connectivity index (χ4n) is 7.00. The van der Waals surface area contributed by atoms with Crippen LogP contribution < -0.4 is 0 Å². The molecule has 0 radical (unpaired) electrons. The van der Waals surface area contributed by atoms with Crippen LogP contribution in [0.1, 0.15) is 92.1 Å². The first-order valence-corrected chi connectivity index (χ1v) is 12.9. The SMILES string of the molecule is CC(C)=C[C@H]1[C@H]2C(=O)c3c(O)ccc(O)c3C(=O)C2=C2[C@@H](C=C(C)C)c3c(O)c4c(c(O)c3[C@H]21)C(=O)C=CC4=O. The van der Waals surface area contributed by atoms with Gasteiger partial charge in [-0.25, -0.2) is 0 Å². The van der Waals surface area contributed by atoms with Crippen molar-refractivity contribution in [3.63, 3.8) is 0 Å². The summed E-state index contributed by atoms with van der Waals surface area (Å²) in [4.78, 5) is 53.9. The standard InChI is InChI=1S/C32H26O8/c1-11(2)9-13-19-20(28-21(13)29(37)23-15(33)5-7-17(35)25(23)32(28)40)14(10-12(3)4)22-27(19)31(39)26-18(36)8-6-16(34)24(26)30(22)38/h5-10,13-14,19,21,33,35,38-39H,1-4H3/t13-,14-,19+,21-/m1/s1. The Morgan fingerprint density at radius 3 is 1.75 bits per heavy atom. The van der Waals surface area contributed by atoms with Crippen molar-refractivity contribution < 1.29 is 39.6 Å². The van der Waals surface area contributed by atoms with Gasteiger partial charge in [-0.05, 0) is 57.6 Å². The van der Waals surface area contributed by atoms with Gasteiger partial charge in [0.15, 0.2) is 23.1 Å². The molecule has 0 fully saturated rings. The summed E-state index contributed by atoms with van der Waals surface area (Å²) in [6, 6.07) is 2.31. The quantitative estimate of drug-likeness (QED) is 0.302. The maximum Gasteiger partial charge on any atom is 0.194 e. The minimum Gasteiger partial charge on any atom is -0.507 e. The van der Waals surface area contributed by atoms with Crippen LogP contribution in [0.15, 0.2) is 58.7 Å². The molecule has 2 aromatic carbocycles. The third-order valence-electron chi connectivity index (χ3n) is 8.27. The molecule has 202 valence electrons. The summed E-state index contributed by atoms with van der Waals surface area (Å²) in [5, 5.41) is 44.3. The number of allylic oxidation sites excluding steroid dienone is 8. The van der Waals surface area contributed by atoms with Crippen molar-refractivity contribution in [1.29, 1.82) is 0 Å². The molecule has 0 unspecified atom stereocenters. The molecule has 0 saturated carbocycles. The predicted octanol–water partition coefficient (Wildman–Crippen LogP) is 5.18. The highest BCUT2D eigenvalue weighted by Gasteiger charge is 2.58. The van der Waals surface area contributed by atoms with E-state index in [-0.39, 0.29) is 39.0 Å². The summed E-state index contributed by atoms with van der Waals surface area (Å²) in [5.74, 6) is -7.60. The first-order chi connectivity index (χ1) is 18.9. The molecule has 0 aromatic heterocycles. The maximum atomic E-state index is 14.1. The van der Waals surface area contributed by atoms with E-state index >= 15 is 0 Å². The maximum absolute atomic E-state index is 14.1. The molecule has 0 saturated heterocycles. The molecule has 4 aliphatic rings. The van der Waals surface area contributed by atoms with Crippen molar-refractivity contribution in [3.05, 3.63) is 92.1 Å². The van der Waals surface area contributed by atoms with E-state index in [4.69, 9.17) is 0 Å². The topological polar surface area (TPSA) is 149 Å². The summed E-state index contributed by atoms with van der Waals surface area (Å²) < 4.78 is 0. The Hall–Kier alpha value is -4.72. The minimum atomic E-state index is -1.04. The van der Waals surface area contributed by atoms with Crippen LogP contribution in [0.25, 0.3) is 0 Å². The third kappa shape index (κ3) is 3.13. The average molecular weight is 539 g/mol. The fourth-order valence-corrected chi connectivity index (χ4v) is 7.00. The molecule has 0 heterocycles. The van der Waals surface area contributed by atoms with Crippen molar-refractivity contribution >= 4 is 23.1 Å². The van der Waals surface area contributed by atoms with Crippen LogP contribution in [-0.4, -0.2) is 43.6 Å². The largest absolute Gasteiger partial charge is 0.507 e. The zero-order valence-electron chi connectivity index (χ0n) is 22.2. The van der Waals surface area contributed by atoms with Crippen LogP contribution in [0.4, 0.5) is 0 Å². The van der Waals surface area contributed by atoms with Crippen LogP contribution in [0, 0.1) is 11.8 Å². The molecule has 0 aliphatic heterocycles. The number of rotatable bonds is 2.